The molecule has 0 saturated carbocycles. The zero-order valence-corrected chi connectivity index (χ0v) is 10.7. The maximum Gasteiger partial charge on any atom is 0.0131 e. The molecule has 2 nitrogen and oxygen atoms in total. The van der Waals surface area contributed by atoms with Crippen LogP contribution in [-0.2, 0) is 11.8 Å². The van der Waals surface area contributed by atoms with Crippen LogP contribution in [0.4, 0.5) is 0 Å². The van der Waals surface area contributed by atoms with Gasteiger partial charge in [0.2, 0.25) is 0 Å². The van der Waals surface area contributed by atoms with E-state index in [1.165, 1.54) is 32.4 Å². The molecule has 3 rings (SSSR count). The van der Waals surface area contributed by atoms with E-state index in [1.54, 1.807) is 11.1 Å². The molecule has 1 fully saturated rings. The van der Waals surface area contributed by atoms with Gasteiger partial charge in [0.25, 0.3) is 0 Å². The van der Waals surface area contributed by atoms with Crippen molar-refractivity contribution in [3.05, 3.63) is 35.4 Å². The molecule has 2 atom stereocenters. The first kappa shape index (κ1) is 11.2. The summed E-state index contributed by atoms with van der Waals surface area (Å²) in [5.41, 5.74) is 9.54. The fourth-order valence-electron chi connectivity index (χ4n) is 3.89. The molecule has 0 amide bonds. The van der Waals surface area contributed by atoms with Gasteiger partial charge in [0.1, 0.15) is 0 Å². The number of nitrogens with two attached hydrogens (primary N) is 1. The van der Waals surface area contributed by atoms with Crippen LogP contribution in [0.2, 0.25) is 0 Å². The Morgan fingerprint density at radius 2 is 2.24 bits per heavy atom. The van der Waals surface area contributed by atoms with Crippen molar-refractivity contribution < 1.29 is 0 Å². The van der Waals surface area contributed by atoms with Crippen molar-refractivity contribution in [3.8, 4) is 0 Å². The van der Waals surface area contributed by atoms with E-state index >= 15 is 0 Å². The standard InChI is InChI=1S/C15H22N2/c1-17-9-8-15(11-16)13(10-17)7-6-12-4-2-3-5-14(12)15/h2-5,13H,6-11,16H2,1H3/t13-,15-/m0/s1. The van der Waals surface area contributed by atoms with E-state index < -0.39 is 0 Å². The molecule has 1 heterocycles. The zero-order chi connectivity index (χ0) is 11.9. The fourth-order valence-corrected chi connectivity index (χ4v) is 3.89. The van der Waals surface area contributed by atoms with Gasteiger partial charge in [0, 0.05) is 18.5 Å². The van der Waals surface area contributed by atoms with Crippen molar-refractivity contribution in [2.45, 2.75) is 24.7 Å². The van der Waals surface area contributed by atoms with Crippen LogP contribution in [-0.4, -0.2) is 31.6 Å². The van der Waals surface area contributed by atoms with Crippen LogP contribution in [0.5, 0.6) is 0 Å². The molecule has 1 aromatic carbocycles. The molecule has 2 heteroatoms. The molecular weight excluding hydrogens is 208 g/mol. The Hall–Kier alpha value is -0.860. The Labute approximate surface area is 104 Å². The molecule has 0 aromatic heterocycles. The number of likely N-dealkylation sites (tertiary alicyclic amines) is 1. The molecule has 92 valence electrons. The minimum Gasteiger partial charge on any atom is -0.330 e. The topological polar surface area (TPSA) is 29.3 Å². The number of rotatable bonds is 1. The summed E-state index contributed by atoms with van der Waals surface area (Å²) in [7, 11) is 2.24. The van der Waals surface area contributed by atoms with Crippen molar-refractivity contribution in [2.75, 3.05) is 26.7 Å². The third-order valence-electron chi connectivity index (χ3n) is 4.93. The number of benzene rings is 1. The molecule has 0 unspecified atom stereocenters. The minimum absolute atomic E-state index is 0.265. The number of hydrogen-bond acceptors (Lipinski definition) is 2. The monoisotopic (exact) mass is 230 g/mol. The summed E-state index contributed by atoms with van der Waals surface area (Å²) in [5.74, 6) is 0.751. The van der Waals surface area contributed by atoms with E-state index in [4.69, 9.17) is 5.73 Å². The summed E-state index contributed by atoms with van der Waals surface area (Å²) in [5, 5.41) is 0. The molecule has 1 aliphatic heterocycles. The highest BCUT2D eigenvalue weighted by Crippen LogP contribution is 2.45. The van der Waals surface area contributed by atoms with Crippen molar-refractivity contribution in [1.29, 1.82) is 0 Å². The van der Waals surface area contributed by atoms with E-state index in [1.807, 2.05) is 0 Å². The van der Waals surface area contributed by atoms with Gasteiger partial charge in [-0.15, -0.1) is 0 Å². The first-order chi connectivity index (χ1) is 8.26. The van der Waals surface area contributed by atoms with E-state index in [-0.39, 0.29) is 5.41 Å². The Kier molecular flexibility index (Phi) is 2.72. The predicted octanol–water partition coefficient (Wildman–Crippen LogP) is 1.78. The van der Waals surface area contributed by atoms with E-state index in [2.05, 4.69) is 36.2 Å². The third-order valence-corrected chi connectivity index (χ3v) is 4.93. The second-order valence-electron chi connectivity index (χ2n) is 5.77. The Bertz CT molecular complexity index is 415. The van der Waals surface area contributed by atoms with E-state index in [0.717, 1.165) is 12.5 Å². The number of fused-ring (bicyclic) bond motifs is 3. The first-order valence-electron chi connectivity index (χ1n) is 6.73. The number of piperidine rings is 1. The van der Waals surface area contributed by atoms with Gasteiger partial charge >= 0.3 is 0 Å². The van der Waals surface area contributed by atoms with Crippen LogP contribution < -0.4 is 5.73 Å². The summed E-state index contributed by atoms with van der Waals surface area (Å²) in [6, 6.07) is 8.95. The second kappa shape index (κ2) is 4.11. The van der Waals surface area contributed by atoms with Gasteiger partial charge in [-0.3, -0.25) is 0 Å². The molecular formula is C15H22N2. The van der Waals surface area contributed by atoms with E-state index in [9.17, 15) is 0 Å². The second-order valence-corrected chi connectivity index (χ2v) is 5.77. The van der Waals surface area contributed by atoms with Crippen molar-refractivity contribution in [1.82, 2.24) is 4.90 Å². The summed E-state index contributed by atoms with van der Waals surface area (Å²) in [6.07, 6.45) is 3.76. The summed E-state index contributed by atoms with van der Waals surface area (Å²) in [4.78, 5) is 2.46. The summed E-state index contributed by atoms with van der Waals surface area (Å²) in [6.45, 7) is 3.20. The van der Waals surface area contributed by atoms with Crippen LogP contribution in [0.25, 0.3) is 0 Å². The highest BCUT2D eigenvalue weighted by Gasteiger charge is 2.45. The predicted molar refractivity (Wildman–Crippen MR) is 71.1 cm³/mol. The van der Waals surface area contributed by atoms with Crippen molar-refractivity contribution in [2.24, 2.45) is 11.7 Å². The first-order valence-corrected chi connectivity index (χ1v) is 6.73. The molecule has 0 spiro atoms. The highest BCUT2D eigenvalue weighted by molar-refractivity contribution is 5.39. The van der Waals surface area contributed by atoms with Gasteiger partial charge < -0.3 is 10.6 Å². The minimum atomic E-state index is 0.265. The van der Waals surface area contributed by atoms with Crippen molar-refractivity contribution in [3.63, 3.8) is 0 Å². The largest absolute Gasteiger partial charge is 0.330 e. The lowest BCUT2D eigenvalue weighted by Crippen LogP contribution is -2.54. The maximum absolute atomic E-state index is 6.19. The van der Waals surface area contributed by atoms with Crippen LogP contribution in [0, 0.1) is 5.92 Å². The zero-order valence-electron chi connectivity index (χ0n) is 10.7. The van der Waals surface area contributed by atoms with Crippen molar-refractivity contribution >= 4 is 0 Å². The van der Waals surface area contributed by atoms with Gasteiger partial charge in [-0.25, -0.2) is 0 Å². The number of nitrogens with zero attached hydrogens (tertiary/aromatic N) is 1. The van der Waals surface area contributed by atoms with Crippen LogP contribution >= 0.6 is 0 Å². The van der Waals surface area contributed by atoms with Gasteiger partial charge in [-0.05, 0) is 49.9 Å². The Morgan fingerprint density at radius 1 is 1.41 bits per heavy atom. The third kappa shape index (κ3) is 1.62. The quantitative estimate of drug-likeness (QED) is 0.797. The lowest BCUT2D eigenvalue weighted by Gasteiger charge is -2.50. The average molecular weight is 230 g/mol. The van der Waals surface area contributed by atoms with Crippen LogP contribution in [0.1, 0.15) is 24.0 Å². The molecule has 2 aliphatic rings. The molecule has 2 N–H and O–H groups in total. The molecule has 1 aliphatic carbocycles. The lowest BCUT2D eigenvalue weighted by molar-refractivity contribution is 0.0989. The number of hydrogen-bond donors (Lipinski definition) is 1. The van der Waals surface area contributed by atoms with Crippen LogP contribution in [0.15, 0.2) is 24.3 Å². The van der Waals surface area contributed by atoms with Gasteiger partial charge in [-0.1, -0.05) is 24.3 Å². The summed E-state index contributed by atoms with van der Waals surface area (Å²) < 4.78 is 0. The average Bonchev–Trinajstić information content (AvgIpc) is 2.38. The smallest absolute Gasteiger partial charge is 0.0131 e. The SMILES string of the molecule is CN1CC[C@@]2(CN)c3ccccc3CC[C@H]2C1. The summed E-state index contributed by atoms with van der Waals surface area (Å²) >= 11 is 0. The molecule has 1 saturated heterocycles. The highest BCUT2D eigenvalue weighted by atomic mass is 15.1. The number of aryl methyl sites for hydroxylation is 1. The van der Waals surface area contributed by atoms with E-state index in [0.29, 0.717) is 0 Å². The lowest BCUT2D eigenvalue weighted by atomic mass is 9.60. The van der Waals surface area contributed by atoms with Gasteiger partial charge in [0.15, 0.2) is 0 Å². The Morgan fingerprint density at radius 3 is 3.06 bits per heavy atom. The van der Waals surface area contributed by atoms with Crippen LogP contribution in [0.3, 0.4) is 0 Å². The Balaban J connectivity index is 2.06. The van der Waals surface area contributed by atoms with Gasteiger partial charge in [-0.2, -0.15) is 0 Å². The normalized spacial score (nSPS) is 32.9. The van der Waals surface area contributed by atoms with Gasteiger partial charge in [0.05, 0.1) is 0 Å². The fraction of sp³-hybridized carbons (Fsp3) is 0.600. The molecule has 0 radical (unpaired) electrons. The molecule has 0 bridgehead atoms. The maximum atomic E-state index is 6.19. The molecule has 17 heavy (non-hydrogen) atoms. The molecule has 1 aromatic rings.